The molecule has 0 bridgehead atoms. The molecule has 0 saturated carbocycles. The van der Waals surface area contributed by atoms with E-state index in [0.29, 0.717) is 0 Å². The molecule has 0 rings (SSSR count). The second-order valence-electron chi connectivity index (χ2n) is 4.39. The van der Waals surface area contributed by atoms with Gasteiger partial charge >= 0.3 is 5.97 Å². The number of carbonyl (C=O) groups excluding carboxylic acids is 1. The summed E-state index contributed by atoms with van der Waals surface area (Å²) in [5.41, 5.74) is -0.340. The normalized spacial score (nSPS) is 16.1. The molecule has 2 N–H and O–H groups in total. The largest absolute Gasteiger partial charge is 0.464 e. The van der Waals surface area contributed by atoms with Gasteiger partial charge in [-0.2, -0.15) is 0 Å². The molecule has 0 aliphatic carbocycles. The first-order chi connectivity index (χ1) is 6.29. The Balaban J connectivity index is 4.06. The first kappa shape index (κ1) is 13.4. The van der Waals surface area contributed by atoms with Gasteiger partial charge in [0.25, 0.3) is 0 Å². The van der Waals surface area contributed by atoms with Gasteiger partial charge in [0.05, 0.1) is 12.7 Å². The molecule has 0 spiro atoms. The van der Waals surface area contributed by atoms with Crippen molar-refractivity contribution in [2.24, 2.45) is 5.41 Å². The van der Waals surface area contributed by atoms with Crippen LogP contribution in [0.15, 0.2) is 0 Å². The van der Waals surface area contributed by atoms with E-state index in [0.717, 1.165) is 0 Å². The molecule has 0 amide bonds. The highest BCUT2D eigenvalue weighted by Gasteiger charge is 2.28. The van der Waals surface area contributed by atoms with E-state index >= 15 is 0 Å². The standard InChI is InChI=1S/C10H20O4/c1-5-14-9(13)7(11)6-8(12)10(2,3)4/h7-8,11-12H,5-6H2,1-4H3/t7-,8+/m1/s1. The number of ether oxygens (including phenoxy) is 1. The van der Waals surface area contributed by atoms with E-state index in [4.69, 9.17) is 0 Å². The van der Waals surface area contributed by atoms with E-state index in [9.17, 15) is 15.0 Å². The van der Waals surface area contributed by atoms with Crippen molar-refractivity contribution in [3.8, 4) is 0 Å². The summed E-state index contributed by atoms with van der Waals surface area (Å²) in [5, 5.41) is 19.0. The minimum atomic E-state index is -1.23. The summed E-state index contributed by atoms with van der Waals surface area (Å²) in [5.74, 6) is -0.671. The highest BCUT2D eigenvalue weighted by atomic mass is 16.5. The average Bonchev–Trinajstić information content (AvgIpc) is 2.02. The Hall–Kier alpha value is -0.610. The zero-order valence-electron chi connectivity index (χ0n) is 9.28. The van der Waals surface area contributed by atoms with Crippen LogP contribution in [-0.4, -0.2) is 35.0 Å². The van der Waals surface area contributed by atoms with E-state index < -0.39 is 18.2 Å². The van der Waals surface area contributed by atoms with E-state index in [1.165, 1.54) is 0 Å². The lowest BCUT2D eigenvalue weighted by atomic mass is 9.86. The van der Waals surface area contributed by atoms with Gasteiger partial charge in [-0.15, -0.1) is 0 Å². The van der Waals surface area contributed by atoms with Gasteiger partial charge in [-0.25, -0.2) is 4.79 Å². The van der Waals surface area contributed by atoms with Crippen molar-refractivity contribution in [1.29, 1.82) is 0 Å². The van der Waals surface area contributed by atoms with Crippen molar-refractivity contribution in [2.45, 2.75) is 46.3 Å². The molecule has 0 unspecified atom stereocenters. The van der Waals surface area contributed by atoms with Crippen molar-refractivity contribution < 1.29 is 19.7 Å². The second-order valence-corrected chi connectivity index (χ2v) is 4.39. The van der Waals surface area contributed by atoms with Crippen molar-refractivity contribution in [3.05, 3.63) is 0 Å². The zero-order valence-corrected chi connectivity index (χ0v) is 9.28. The van der Waals surface area contributed by atoms with Crippen LogP contribution >= 0.6 is 0 Å². The summed E-state index contributed by atoms with van der Waals surface area (Å²) < 4.78 is 4.62. The maximum atomic E-state index is 11.0. The molecule has 14 heavy (non-hydrogen) atoms. The summed E-state index contributed by atoms with van der Waals surface area (Å²) in [6.45, 7) is 7.44. The van der Waals surface area contributed by atoms with E-state index in [1.807, 2.05) is 20.8 Å². The monoisotopic (exact) mass is 204 g/mol. The second kappa shape index (κ2) is 5.32. The van der Waals surface area contributed by atoms with Gasteiger partial charge in [0.1, 0.15) is 0 Å². The maximum absolute atomic E-state index is 11.0. The smallest absolute Gasteiger partial charge is 0.335 e. The van der Waals surface area contributed by atoms with Crippen molar-refractivity contribution in [1.82, 2.24) is 0 Å². The molecular formula is C10H20O4. The van der Waals surface area contributed by atoms with E-state index in [-0.39, 0.29) is 18.4 Å². The fourth-order valence-corrected chi connectivity index (χ4v) is 0.900. The summed E-state index contributed by atoms with van der Waals surface area (Å²) in [6, 6.07) is 0. The van der Waals surface area contributed by atoms with Crippen LogP contribution < -0.4 is 0 Å². The first-order valence-corrected chi connectivity index (χ1v) is 4.81. The van der Waals surface area contributed by atoms with Gasteiger partial charge in [-0.1, -0.05) is 20.8 Å². The maximum Gasteiger partial charge on any atom is 0.335 e. The van der Waals surface area contributed by atoms with Crippen LogP contribution in [0.3, 0.4) is 0 Å². The van der Waals surface area contributed by atoms with Crippen LogP contribution in [0.4, 0.5) is 0 Å². The number of esters is 1. The molecule has 4 nitrogen and oxygen atoms in total. The Morgan fingerprint density at radius 2 is 1.86 bits per heavy atom. The molecule has 0 saturated heterocycles. The molecule has 0 aromatic rings. The molecule has 84 valence electrons. The lowest BCUT2D eigenvalue weighted by Crippen LogP contribution is -2.34. The Labute approximate surface area is 84.9 Å². The van der Waals surface area contributed by atoms with Crippen molar-refractivity contribution >= 4 is 5.97 Å². The highest BCUT2D eigenvalue weighted by Crippen LogP contribution is 2.22. The van der Waals surface area contributed by atoms with Crippen LogP contribution in [0, 0.1) is 5.41 Å². The summed E-state index contributed by atoms with van der Waals surface area (Å²) in [7, 11) is 0. The number of hydrogen-bond acceptors (Lipinski definition) is 4. The third-order valence-electron chi connectivity index (χ3n) is 2.00. The molecule has 0 radical (unpaired) electrons. The quantitative estimate of drug-likeness (QED) is 0.662. The number of rotatable bonds is 4. The van der Waals surface area contributed by atoms with Crippen LogP contribution in [-0.2, 0) is 9.53 Å². The Morgan fingerprint density at radius 3 is 2.21 bits per heavy atom. The summed E-state index contributed by atoms with van der Waals surface area (Å²) in [4.78, 5) is 11.0. The van der Waals surface area contributed by atoms with Crippen LogP contribution in [0.5, 0.6) is 0 Å². The molecular weight excluding hydrogens is 184 g/mol. The molecule has 4 heteroatoms. The van der Waals surface area contributed by atoms with Gasteiger partial charge in [-0.05, 0) is 12.3 Å². The molecule has 0 aliphatic heterocycles. The van der Waals surface area contributed by atoms with Crippen LogP contribution in [0.2, 0.25) is 0 Å². The fraction of sp³-hybridized carbons (Fsp3) is 0.900. The van der Waals surface area contributed by atoms with Gasteiger partial charge in [-0.3, -0.25) is 0 Å². The van der Waals surface area contributed by atoms with Gasteiger partial charge in [0, 0.05) is 6.42 Å². The molecule has 0 aliphatic rings. The molecule has 2 atom stereocenters. The minimum absolute atomic E-state index is 0.0162. The molecule has 0 heterocycles. The third kappa shape index (κ3) is 4.58. The lowest BCUT2D eigenvalue weighted by molar-refractivity contribution is -0.155. The number of aliphatic hydroxyl groups is 2. The van der Waals surface area contributed by atoms with Gasteiger partial charge in [0.2, 0.25) is 0 Å². The fourth-order valence-electron chi connectivity index (χ4n) is 0.900. The van der Waals surface area contributed by atoms with Crippen molar-refractivity contribution in [3.63, 3.8) is 0 Å². The lowest BCUT2D eigenvalue weighted by Gasteiger charge is -2.26. The first-order valence-electron chi connectivity index (χ1n) is 4.81. The Kier molecular flexibility index (Phi) is 5.08. The minimum Gasteiger partial charge on any atom is -0.464 e. The van der Waals surface area contributed by atoms with E-state index in [1.54, 1.807) is 6.92 Å². The number of carbonyl (C=O) groups is 1. The third-order valence-corrected chi connectivity index (χ3v) is 2.00. The SMILES string of the molecule is CCOC(=O)[C@H](O)C[C@H](O)C(C)(C)C. The number of aliphatic hydroxyl groups excluding tert-OH is 2. The summed E-state index contributed by atoms with van der Waals surface area (Å²) in [6.07, 6.45) is -1.94. The van der Waals surface area contributed by atoms with Gasteiger partial charge < -0.3 is 14.9 Å². The highest BCUT2D eigenvalue weighted by molar-refractivity contribution is 5.74. The summed E-state index contributed by atoms with van der Waals surface area (Å²) >= 11 is 0. The predicted octanol–water partition coefficient (Wildman–Crippen LogP) is 0.707. The molecule has 0 aromatic heterocycles. The van der Waals surface area contributed by atoms with Crippen molar-refractivity contribution in [2.75, 3.05) is 6.61 Å². The van der Waals surface area contributed by atoms with E-state index in [2.05, 4.69) is 4.74 Å². The van der Waals surface area contributed by atoms with Gasteiger partial charge in [0.15, 0.2) is 6.10 Å². The zero-order chi connectivity index (χ0) is 11.4. The molecule has 0 fully saturated rings. The molecule has 0 aromatic carbocycles. The number of hydrogen-bond donors (Lipinski definition) is 2. The van der Waals surface area contributed by atoms with Crippen LogP contribution in [0.1, 0.15) is 34.1 Å². The van der Waals surface area contributed by atoms with Crippen LogP contribution in [0.25, 0.3) is 0 Å². The topological polar surface area (TPSA) is 66.8 Å². The average molecular weight is 204 g/mol. The predicted molar refractivity (Wildman–Crippen MR) is 52.7 cm³/mol. The Morgan fingerprint density at radius 1 is 1.36 bits per heavy atom. The Bertz CT molecular complexity index is 183.